The smallest absolute Gasteiger partial charge is 0.220 e. The number of aliphatic hydroxyl groups is 1. The fourth-order valence-electron chi connectivity index (χ4n) is 5.82. The Kier molecular flexibility index (Phi) is 10.3. The maximum Gasteiger partial charge on any atom is 0.220 e. The molecular formula is C33H44F2N4O2. The number of benzene rings is 2. The van der Waals surface area contributed by atoms with E-state index < -0.39 is 23.8 Å². The first-order valence-corrected chi connectivity index (χ1v) is 14.8. The number of amides is 1. The van der Waals surface area contributed by atoms with Crippen LogP contribution in [-0.2, 0) is 22.2 Å². The highest BCUT2D eigenvalue weighted by molar-refractivity contribution is 5.76. The van der Waals surface area contributed by atoms with Crippen molar-refractivity contribution >= 4 is 12.2 Å². The van der Waals surface area contributed by atoms with Crippen molar-refractivity contribution in [3.8, 4) is 0 Å². The zero-order valence-electron chi connectivity index (χ0n) is 24.5. The van der Waals surface area contributed by atoms with Gasteiger partial charge in [-0.05, 0) is 66.0 Å². The lowest BCUT2D eigenvalue weighted by Crippen LogP contribution is -2.53. The maximum atomic E-state index is 14.0. The fourth-order valence-corrected chi connectivity index (χ4v) is 5.82. The number of nitrogens with zero attached hydrogens (tertiary/aromatic N) is 1. The highest BCUT2D eigenvalue weighted by Gasteiger charge is 2.35. The third-order valence-electron chi connectivity index (χ3n) is 8.23. The maximum absolute atomic E-state index is 14.0. The lowest BCUT2D eigenvalue weighted by Gasteiger charge is -2.41. The molecule has 2 aromatic carbocycles. The van der Waals surface area contributed by atoms with Crippen LogP contribution in [0, 0.1) is 11.6 Å². The van der Waals surface area contributed by atoms with Gasteiger partial charge in [0.25, 0.3) is 0 Å². The second kappa shape index (κ2) is 13.7. The molecule has 1 aliphatic heterocycles. The van der Waals surface area contributed by atoms with Crippen LogP contribution in [0.3, 0.4) is 0 Å². The van der Waals surface area contributed by atoms with E-state index in [2.05, 4.69) is 66.0 Å². The second-order valence-corrected chi connectivity index (χ2v) is 12.4. The van der Waals surface area contributed by atoms with Crippen molar-refractivity contribution < 1.29 is 18.7 Å². The Balaban J connectivity index is 1.50. The topological polar surface area (TPSA) is 85.8 Å². The summed E-state index contributed by atoms with van der Waals surface area (Å²) in [6, 6.07) is 11.3. The normalized spacial score (nSPS) is 18.2. The van der Waals surface area contributed by atoms with Gasteiger partial charge < -0.3 is 21.1 Å². The predicted octanol–water partition coefficient (Wildman–Crippen LogP) is 5.40. The van der Waals surface area contributed by atoms with Gasteiger partial charge in [-0.25, -0.2) is 8.78 Å². The van der Waals surface area contributed by atoms with E-state index in [1.165, 1.54) is 29.7 Å². The highest BCUT2D eigenvalue weighted by Crippen LogP contribution is 2.38. The van der Waals surface area contributed by atoms with Gasteiger partial charge in [0.1, 0.15) is 11.6 Å². The third-order valence-corrected chi connectivity index (χ3v) is 8.23. The van der Waals surface area contributed by atoms with Crippen LogP contribution < -0.4 is 16.0 Å². The fraction of sp³-hybridized carbons (Fsp3) is 0.515. The summed E-state index contributed by atoms with van der Waals surface area (Å²) in [4.78, 5) is 17.0. The van der Waals surface area contributed by atoms with E-state index in [-0.39, 0.29) is 36.2 Å². The molecule has 2 atom stereocenters. The third kappa shape index (κ3) is 8.69. The van der Waals surface area contributed by atoms with Gasteiger partial charge in [-0.1, -0.05) is 64.3 Å². The number of hydrogen-bond acceptors (Lipinski definition) is 5. The van der Waals surface area contributed by atoms with Crippen LogP contribution in [0.25, 0.3) is 0 Å². The summed E-state index contributed by atoms with van der Waals surface area (Å²) in [6.45, 7) is 7.41. The minimum absolute atomic E-state index is 0.0109. The van der Waals surface area contributed by atoms with E-state index in [0.29, 0.717) is 18.5 Å². The first-order chi connectivity index (χ1) is 19.5. The van der Waals surface area contributed by atoms with Gasteiger partial charge in [-0.2, -0.15) is 0 Å². The average Bonchev–Trinajstić information content (AvgIpc) is 2.94. The number of hydrogen-bond donors (Lipinski definition) is 4. The quantitative estimate of drug-likeness (QED) is 0.294. The molecule has 8 heteroatoms. The van der Waals surface area contributed by atoms with E-state index in [1.807, 2.05) is 6.08 Å². The summed E-state index contributed by atoms with van der Waals surface area (Å²) in [6.07, 6.45) is 8.62. The number of nitrogens with one attached hydrogen (secondary N) is 3. The number of allylic oxidation sites excluding steroid dienone is 1. The van der Waals surface area contributed by atoms with Crippen molar-refractivity contribution in [1.29, 1.82) is 0 Å². The molecule has 1 fully saturated rings. The first kappa shape index (κ1) is 30.8. The minimum atomic E-state index is -0.978. The molecule has 0 spiro atoms. The zero-order chi connectivity index (χ0) is 29.5. The predicted molar refractivity (Wildman–Crippen MR) is 160 cm³/mol. The van der Waals surface area contributed by atoms with Crippen molar-refractivity contribution in [2.24, 2.45) is 4.99 Å². The molecule has 0 saturated heterocycles. The van der Waals surface area contributed by atoms with Gasteiger partial charge in [-0.15, -0.1) is 0 Å². The molecular weight excluding hydrogens is 522 g/mol. The average molecular weight is 567 g/mol. The monoisotopic (exact) mass is 566 g/mol. The second-order valence-electron chi connectivity index (χ2n) is 12.4. The summed E-state index contributed by atoms with van der Waals surface area (Å²) < 4.78 is 28.0. The molecule has 2 unspecified atom stereocenters. The lowest BCUT2D eigenvalue weighted by molar-refractivity contribution is -0.122. The molecule has 4 N–H and O–H groups in total. The van der Waals surface area contributed by atoms with Crippen molar-refractivity contribution in [2.75, 3.05) is 13.1 Å². The van der Waals surface area contributed by atoms with Crippen LogP contribution in [0.4, 0.5) is 8.78 Å². The summed E-state index contributed by atoms with van der Waals surface area (Å²) in [5, 5.41) is 21.1. The molecule has 1 saturated carbocycles. The SMILES string of the molecule is CC(C)(C)c1cccc(C2(NCC(O)C(Cc3cc(F)cc(F)c3)NC(=O)CCC3=CCN=CN3)CCCCC2)c1. The molecule has 0 radical (unpaired) electrons. The largest absolute Gasteiger partial charge is 0.390 e. The van der Waals surface area contributed by atoms with Crippen LogP contribution >= 0.6 is 0 Å². The van der Waals surface area contributed by atoms with Crippen molar-refractivity contribution in [3.63, 3.8) is 0 Å². The summed E-state index contributed by atoms with van der Waals surface area (Å²) >= 11 is 0. The van der Waals surface area contributed by atoms with Crippen LogP contribution in [0.1, 0.15) is 82.4 Å². The van der Waals surface area contributed by atoms with Crippen molar-refractivity contribution in [2.45, 2.75) is 95.2 Å². The molecule has 1 amide bonds. The molecule has 41 heavy (non-hydrogen) atoms. The van der Waals surface area contributed by atoms with Gasteiger partial charge in [-0.3, -0.25) is 9.79 Å². The van der Waals surface area contributed by atoms with Crippen LogP contribution in [-0.4, -0.2) is 42.6 Å². The summed E-state index contributed by atoms with van der Waals surface area (Å²) in [5.41, 5.74) is 3.48. The Labute approximate surface area is 242 Å². The number of rotatable bonds is 11. The summed E-state index contributed by atoms with van der Waals surface area (Å²) in [5.74, 6) is -1.61. The highest BCUT2D eigenvalue weighted by atomic mass is 19.1. The molecule has 222 valence electrons. The molecule has 2 aromatic rings. The number of carbonyl (C=O) groups excluding carboxylic acids is 1. The Bertz CT molecular complexity index is 1230. The molecule has 1 heterocycles. The molecule has 0 aromatic heterocycles. The summed E-state index contributed by atoms with van der Waals surface area (Å²) in [7, 11) is 0. The molecule has 6 nitrogen and oxygen atoms in total. The molecule has 4 rings (SSSR count). The van der Waals surface area contributed by atoms with Crippen molar-refractivity contribution in [3.05, 3.63) is 82.6 Å². The zero-order valence-corrected chi connectivity index (χ0v) is 24.5. The Morgan fingerprint density at radius 1 is 1.10 bits per heavy atom. The van der Waals surface area contributed by atoms with E-state index in [9.17, 15) is 18.7 Å². The number of halogens is 2. The van der Waals surface area contributed by atoms with Crippen LogP contribution in [0.15, 0.2) is 59.2 Å². The Morgan fingerprint density at radius 3 is 2.49 bits per heavy atom. The Hall–Kier alpha value is -3.10. The van der Waals surface area contributed by atoms with Gasteiger partial charge in [0.15, 0.2) is 0 Å². The number of carbonyl (C=O) groups is 1. The molecule has 0 bridgehead atoms. The molecule has 2 aliphatic rings. The van der Waals surface area contributed by atoms with Gasteiger partial charge in [0, 0.05) is 30.3 Å². The van der Waals surface area contributed by atoms with Crippen LogP contribution in [0.2, 0.25) is 0 Å². The van der Waals surface area contributed by atoms with E-state index in [1.54, 1.807) is 6.34 Å². The van der Waals surface area contributed by atoms with Gasteiger partial charge in [0.2, 0.25) is 5.91 Å². The Morgan fingerprint density at radius 2 is 1.83 bits per heavy atom. The number of aliphatic imine (C=N–C) groups is 1. The standard InChI is InChI=1S/C33H44F2N4O2/c1-32(2,3)24-8-7-9-25(19-24)33(13-5-4-6-14-33)38-21-30(40)29(18-23-16-26(34)20-27(35)17-23)39-31(41)11-10-28-12-15-36-22-37-28/h7-9,12,16-17,19-20,22,29-30,38,40H,4-6,10-11,13-15,18,21H2,1-3H3,(H,36,37)(H,39,41). The van der Waals surface area contributed by atoms with E-state index in [4.69, 9.17) is 0 Å². The lowest BCUT2D eigenvalue weighted by atomic mass is 9.74. The van der Waals surface area contributed by atoms with Crippen LogP contribution in [0.5, 0.6) is 0 Å². The minimum Gasteiger partial charge on any atom is -0.390 e. The molecule has 1 aliphatic carbocycles. The van der Waals surface area contributed by atoms with Gasteiger partial charge >= 0.3 is 0 Å². The van der Waals surface area contributed by atoms with E-state index >= 15 is 0 Å². The number of aliphatic hydroxyl groups excluding tert-OH is 1. The van der Waals surface area contributed by atoms with Gasteiger partial charge in [0.05, 0.1) is 25.0 Å². The van der Waals surface area contributed by atoms with Crippen molar-refractivity contribution in [1.82, 2.24) is 16.0 Å². The van der Waals surface area contributed by atoms with E-state index in [0.717, 1.165) is 37.4 Å². The first-order valence-electron chi connectivity index (χ1n) is 14.8.